The highest BCUT2D eigenvalue weighted by molar-refractivity contribution is 5.80. The second-order valence-corrected chi connectivity index (χ2v) is 5.24. The lowest BCUT2D eigenvalue weighted by Gasteiger charge is -2.04. The molecule has 0 aliphatic carbocycles. The first-order valence-corrected chi connectivity index (χ1v) is 7.60. The summed E-state index contributed by atoms with van der Waals surface area (Å²) in [5.74, 6) is -0.176. The number of aromatic nitrogens is 3. The Morgan fingerprint density at radius 2 is 1.96 bits per heavy atom. The lowest BCUT2D eigenvalue weighted by Crippen LogP contribution is -2.33. The fraction of sp³-hybridized carbons (Fsp3) is 0.235. The van der Waals surface area contributed by atoms with E-state index in [2.05, 4.69) is 10.3 Å². The summed E-state index contributed by atoms with van der Waals surface area (Å²) in [6.45, 7) is 2.57. The number of nitrogens with one attached hydrogen (secondary N) is 1. The molecule has 0 aliphatic rings. The van der Waals surface area contributed by atoms with E-state index in [0.29, 0.717) is 17.7 Å². The molecule has 0 saturated carbocycles. The summed E-state index contributed by atoms with van der Waals surface area (Å²) in [7, 11) is 0. The van der Waals surface area contributed by atoms with Crippen LogP contribution in [0.25, 0.3) is 16.9 Å². The number of para-hydroxylation sites is 1. The Hall–Kier alpha value is -2.89. The molecule has 0 atom stereocenters. The molecule has 0 fully saturated rings. The van der Waals surface area contributed by atoms with E-state index in [4.69, 9.17) is 0 Å². The molecule has 2 aromatic heterocycles. The number of carbonyl (C=O) groups excluding carboxylic acids is 1. The van der Waals surface area contributed by atoms with Gasteiger partial charge in [0.2, 0.25) is 5.91 Å². The summed E-state index contributed by atoms with van der Waals surface area (Å²) < 4.78 is 2.99. The molecule has 0 spiro atoms. The first-order chi connectivity index (χ1) is 11.2. The normalized spacial score (nSPS) is 10.8. The molecule has 2 heterocycles. The minimum atomic E-state index is -0.267. The third kappa shape index (κ3) is 2.88. The van der Waals surface area contributed by atoms with Gasteiger partial charge >= 0.3 is 5.69 Å². The molecule has 0 aliphatic heterocycles. The molecule has 6 nitrogen and oxygen atoms in total. The Morgan fingerprint density at radius 1 is 1.17 bits per heavy atom. The average molecular weight is 310 g/mol. The summed E-state index contributed by atoms with van der Waals surface area (Å²) in [6, 6.07) is 12.9. The second kappa shape index (κ2) is 6.48. The Bertz CT molecular complexity index is 880. The van der Waals surface area contributed by atoms with Gasteiger partial charge in [0.05, 0.1) is 11.2 Å². The van der Waals surface area contributed by atoms with Crippen LogP contribution in [0, 0.1) is 0 Å². The highest BCUT2D eigenvalue weighted by Crippen LogP contribution is 2.15. The third-order valence-electron chi connectivity index (χ3n) is 3.58. The van der Waals surface area contributed by atoms with Crippen molar-refractivity contribution in [3.63, 3.8) is 0 Å². The number of amides is 1. The van der Waals surface area contributed by atoms with E-state index >= 15 is 0 Å². The standard InChI is InChI=1S/C17H18N4O2/c1-2-10-18-15(22)12-20-14-9-6-11-19-16(14)21(17(20)23)13-7-4-3-5-8-13/h3-9,11H,2,10,12H2,1H3,(H,18,22). The van der Waals surface area contributed by atoms with Gasteiger partial charge in [-0.2, -0.15) is 0 Å². The molecule has 6 heteroatoms. The Labute approximate surface area is 133 Å². The number of carbonyl (C=O) groups is 1. The van der Waals surface area contributed by atoms with Crippen LogP contribution in [0.15, 0.2) is 53.5 Å². The van der Waals surface area contributed by atoms with Gasteiger partial charge in [-0.05, 0) is 30.7 Å². The summed E-state index contributed by atoms with van der Waals surface area (Å²) >= 11 is 0. The quantitative estimate of drug-likeness (QED) is 0.780. The molecule has 1 amide bonds. The average Bonchev–Trinajstić information content (AvgIpc) is 2.86. The van der Waals surface area contributed by atoms with E-state index in [1.807, 2.05) is 37.3 Å². The predicted molar refractivity (Wildman–Crippen MR) is 88.6 cm³/mol. The Morgan fingerprint density at radius 3 is 2.70 bits per heavy atom. The SMILES string of the molecule is CCCNC(=O)Cn1c(=O)n(-c2ccccc2)c2ncccc21. The smallest absolute Gasteiger partial charge is 0.335 e. The molecular weight excluding hydrogens is 292 g/mol. The maximum absolute atomic E-state index is 12.8. The van der Waals surface area contributed by atoms with E-state index < -0.39 is 0 Å². The van der Waals surface area contributed by atoms with Crippen molar-refractivity contribution in [2.45, 2.75) is 19.9 Å². The van der Waals surface area contributed by atoms with Crippen molar-refractivity contribution in [3.05, 3.63) is 59.1 Å². The molecular formula is C17H18N4O2. The lowest BCUT2D eigenvalue weighted by atomic mass is 10.3. The zero-order valence-corrected chi connectivity index (χ0v) is 12.9. The summed E-state index contributed by atoms with van der Waals surface area (Å²) in [5, 5.41) is 2.79. The molecule has 1 N–H and O–H groups in total. The molecule has 0 unspecified atom stereocenters. The maximum atomic E-state index is 12.8. The van der Waals surface area contributed by atoms with Gasteiger partial charge in [-0.25, -0.2) is 14.3 Å². The van der Waals surface area contributed by atoms with Crippen molar-refractivity contribution in [3.8, 4) is 5.69 Å². The monoisotopic (exact) mass is 310 g/mol. The van der Waals surface area contributed by atoms with Crippen molar-refractivity contribution >= 4 is 17.1 Å². The minimum absolute atomic E-state index is 0.0130. The molecule has 0 bridgehead atoms. The van der Waals surface area contributed by atoms with Crippen molar-refractivity contribution < 1.29 is 4.79 Å². The Balaban J connectivity index is 2.11. The van der Waals surface area contributed by atoms with Crippen LogP contribution >= 0.6 is 0 Å². The fourth-order valence-electron chi connectivity index (χ4n) is 2.51. The summed E-state index contributed by atoms with van der Waals surface area (Å²) in [6.07, 6.45) is 2.50. The lowest BCUT2D eigenvalue weighted by molar-refractivity contribution is -0.121. The molecule has 0 saturated heterocycles. The number of imidazole rings is 1. The zero-order chi connectivity index (χ0) is 16.2. The van der Waals surface area contributed by atoms with Crippen LogP contribution in [0.3, 0.4) is 0 Å². The van der Waals surface area contributed by atoms with Crippen LogP contribution in [0.5, 0.6) is 0 Å². The van der Waals surface area contributed by atoms with E-state index in [0.717, 1.165) is 12.1 Å². The highest BCUT2D eigenvalue weighted by atomic mass is 16.2. The maximum Gasteiger partial charge on any atom is 0.335 e. The van der Waals surface area contributed by atoms with Crippen LogP contribution in [0.2, 0.25) is 0 Å². The molecule has 23 heavy (non-hydrogen) atoms. The zero-order valence-electron chi connectivity index (χ0n) is 12.9. The number of benzene rings is 1. The van der Waals surface area contributed by atoms with Gasteiger partial charge in [-0.15, -0.1) is 0 Å². The molecule has 3 aromatic rings. The van der Waals surface area contributed by atoms with Crippen molar-refractivity contribution in [2.24, 2.45) is 0 Å². The van der Waals surface area contributed by atoms with E-state index in [1.54, 1.807) is 18.3 Å². The van der Waals surface area contributed by atoms with E-state index in [1.165, 1.54) is 9.13 Å². The number of fused-ring (bicyclic) bond motifs is 1. The highest BCUT2D eigenvalue weighted by Gasteiger charge is 2.17. The molecule has 0 radical (unpaired) electrons. The summed E-state index contributed by atoms with van der Waals surface area (Å²) in [4.78, 5) is 29.1. The van der Waals surface area contributed by atoms with Gasteiger partial charge in [-0.3, -0.25) is 9.36 Å². The van der Waals surface area contributed by atoms with Gasteiger partial charge in [-0.1, -0.05) is 25.1 Å². The Kier molecular flexibility index (Phi) is 4.23. The number of pyridine rings is 1. The van der Waals surface area contributed by atoms with Crippen LogP contribution in [0.4, 0.5) is 0 Å². The van der Waals surface area contributed by atoms with Crippen LogP contribution < -0.4 is 11.0 Å². The van der Waals surface area contributed by atoms with Crippen molar-refractivity contribution in [2.75, 3.05) is 6.54 Å². The number of hydrogen-bond donors (Lipinski definition) is 1. The van der Waals surface area contributed by atoms with Gasteiger partial charge < -0.3 is 5.32 Å². The van der Waals surface area contributed by atoms with Gasteiger partial charge in [0.15, 0.2) is 5.65 Å². The minimum Gasteiger partial charge on any atom is -0.355 e. The number of rotatable bonds is 5. The molecule has 118 valence electrons. The second-order valence-electron chi connectivity index (χ2n) is 5.24. The van der Waals surface area contributed by atoms with Gasteiger partial charge in [0.1, 0.15) is 6.54 Å². The first kappa shape index (κ1) is 15.0. The number of hydrogen-bond acceptors (Lipinski definition) is 3. The van der Waals surface area contributed by atoms with E-state index in [9.17, 15) is 9.59 Å². The summed E-state index contributed by atoms with van der Waals surface area (Å²) in [5.41, 5.74) is 1.66. The van der Waals surface area contributed by atoms with E-state index in [-0.39, 0.29) is 18.1 Å². The topological polar surface area (TPSA) is 68.9 Å². The first-order valence-electron chi connectivity index (χ1n) is 7.60. The van der Waals surface area contributed by atoms with Crippen LogP contribution in [0.1, 0.15) is 13.3 Å². The van der Waals surface area contributed by atoms with Crippen molar-refractivity contribution in [1.29, 1.82) is 0 Å². The van der Waals surface area contributed by atoms with Crippen molar-refractivity contribution in [1.82, 2.24) is 19.4 Å². The molecule has 1 aromatic carbocycles. The van der Waals surface area contributed by atoms with Gasteiger partial charge in [0, 0.05) is 12.7 Å². The number of nitrogens with zero attached hydrogens (tertiary/aromatic N) is 3. The third-order valence-corrected chi connectivity index (χ3v) is 3.58. The predicted octanol–water partition coefficient (Wildman–Crippen LogP) is 1.71. The van der Waals surface area contributed by atoms with Crippen LogP contribution in [-0.2, 0) is 11.3 Å². The molecule has 3 rings (SSSR count). The van der Waals surface area contributed by atoms with Gasteiger partial charge in [0.25, 0.3) is 0 Å². The fourth-order valence-corrected chi connectivity index (χ4v) is 2.51. The van der Waals surface area contributed by atoms with Crippen LogP contribution in [-0.4, -0.2) is 26.6 Å². The largest absolute Gasteiger partial charge is 0.355 e.